The van der Waals surface area contributed by atoms with E-state index >= 15 is 0 Å². The lowest BCUT2D eigenvalue weighted by atomic mass is 10.1. The number of hydrogen-bond acceptors (Lipinski definition) is 6. The average Bonchev–Trinajstić information content (AvgIpc) is 2.60. The highest BCUT2D eigenvalue weighted by atomic mass is 32.2. The lowest BCUT2D eigenvalue weighted by Gasteiger charge is -2.18. The van der Waals surface area contributed by atoms with Gasteiger partial charge in [-0.3, -0.25) is 10.1 Å². The molecule has 0 aliphatic heterocycles. The molecule has 0 bridgehead atoms. The molecule has 0 radical (unpaired) electrons. The number of nitro benzene ring substituents is 1. The number of alkyl halides is 3. The van der Waals surface area contributed by atoms with Crippen LogP contribution in [0.1, 0.15) is 18.5 Å². The van der Waals surface area contributed by atoms with E-state index in [1.54, 1.807) is 31.2 Å². The highest BCUT2D eigenvalue weighted by Crippen LogP contribution is 2.36. The van der Waals surface area contributed by atoms with Crippen LogP contribution in [0.5, 0.6) is 5.75 Å². The number of ether oxygens (including phenoxy) is 1. The molecule has 0 aliphatic carbocycles. The number of hydrogen-bond donors (Lipinski definition) is 1. The van der Waals surface area contributed by atoms with Gasteiger partial charge in [0.15, 0.2) is 0 Å². The number of methoxy groups -OCH3 is 1. The van der Waals surface area contributed by atoms with E-state index in [9.17, 15) is 31.7 Å². The molecule has 0 aliphatic rings. The molecule has 0 heterocycles. The molecule has 1 unspecified atom stereocenters. The normalized spacial score (nSPS) is 13.1. The van der Waals surface area contributed by atoms with Gasteiger partial charge >= 0.3 is 5.51 Å². The standard InChI is InChI=1S/C16H15F3N2O5S/c1-10(12-5-3-4-6-15(12)26-2)20-13-8-7-11(9-14(13)21(22)23)27(24,25)16(17,18)19/h3-10,20H,1-2H3. The smallest absolute Gasteiger partial charge is 0.496 e. The molecule has 0 spiro atoms. The molecule has 27 heavy (non-hydrogen) atoms. The number of benzene rings is 2. The van der Waals surface area contributed by atoms with E-state index < -0.39 is 36.9 Å². The Balaban J connectivity index is 2.45. The van der Waals surface area contributed by atoms with Crippen molar-refractivity contribution in [3.05, 3.63) is 58.1 Å². The lowest BCUT2D eigenvalue weighted by molar-refractivity contribution is -0.384. The Morgan fingerprint density at radius 1 is 1.19 bits per heavy atom. The van der Waals surface area contributed by atoms with Gasteiger partial charge < -0.3 is 10.1 Å². The van der Waals surface area contributed by atoms with Gasteiger partial charge in [-0.2, -0.15) is 13.2 Å². The monoisotopic (exact) mass is 404 g/mol. The van der Waals surface area contributed by atoms with Gasteiger partial charge in [0.2, 0.25) is 0 Å². The van der Waals surface area contributed by atoms with Crippen LogP contribution in [0.15, 0.2) is 47.4 Å². The van der Waals surface area contributed by atoms with Gasteiger partial charge in [-0.1, -0.05) is 18.2 Å². The summed E-state index contributed by atoms with van der Waals surface area (Å²) < 4.78 is 66.2. The molecule has 7 nitrogen and oxygen atoms in total. The second-order valence-electron chi connectivity index (χ2n) is 5.49. The van der Waals surface area contributed by atoms with Crippen molar-refractivity contribution < 1.29 is 31.2 Å². The van der Waals surface area contributed by atoms with Gasteiger partial charge in [-0.05, 0) is 25.1 Å². The molecule has 146 valence electrons. The predicted molar refractivity (Wildman–Crippen MR) is 91.4 cm³/mol. The van der Waals surface area contributed by atoms with Crippen LogP contribution in [0, 0.1) is 10.1 Å². The number of anilines is 1. The second kappa shape index (κ2) is 7.43. The Labute approximate surface area is 152 Å². The van der Waals surface area contributed by atoms with Crippen LogP contribution >= 0.6 is 0 Å². The molecule has 1 atom stereocenters. The molecule has 2 rings (SSSR count). The maximum Gasteiger partial charge on any atom is 0.501 e. The first-order valence-electron chi connectivity index (χ1n) is 7.48. The summed E-state index contributed by atoms with van der Waals surface area (Å²) in [5, 5.41) is 14.1. The van der Waals surface area contributed by atoms with Crippen LogP contribution in [-0.2, 0) is 9.84 Å². The van der Waals surface area contributed by atoms with E-state index in [0.717, 1.165) is 6.07 Å². The van der Waals surface area contributed by atoms with Gasteiger partial charge in [0.1, 0.15) is 11.4 Å². The summed E-state index contributed by atoms with van der Waals surface area (Å²) in [6, 6.07) is 8.34. The van der Waals surface area contributed by atoms with Crippen molar-refractivity contribution in [1.82, 2.24) is 0 Å². The summed E-state index contributed by atoms with van der Waals surface area (Å²) >= 11 is 0. The third-order valence-corrected chi connectivity index (χ3v) is 5.24. The first-order chi connectivity index (χ1) is 12.5. The van der Waals surface area contributed by atoms with Crippen LogP contribution < -0.4 is 10.1 Å². The Bertz CT molecular complexity index is 961. The number of sulfone groups is 1. The highest BCUT2D eigenvalue weighted by molar-refractivity contribution is 7.92. The molecule has 0 amide bonds. The first-order valence-corrected chi connectivity index (χ1v) is 8.96. The zero-order chi connectivity index (χ0) is 20.4. The fourth-order valence-electron chi connectivity index (χ4n) is 2.42. The fourth-order valence-corrected chi connectivity index (χ4v) is 3.20. The number of nitro groups is 1. The summed E-state index contributed by atoms with van der Waals surface area (Å²) in [7, 11) is -4.24. The number of rotatable bonds is 6. The topological polar surface area (TPSA) is 98.5 Å². The zero-order valence-corrected chi connectivity index (χ0v) is 15.0. The molecular weight excluding hydrogens is 389 g/mol. The molecular formula is C16H15F3N2O5S. The maximum absolute atomic E-state index is 12.7. The average molecular weight is 404 g/mol. The van der Waals surface area contributed by atoms with E-state index in [0.29, 0.717) is 23.4 Å². The van der Waals surface area contributed by atoms with Gasteiger partial charge in [0.05, 0.1) is 23.0 Å². The summed E-state index contributed by atoms with van der Waals surface area (Å²) in [5.41, 5.74) is -5.82. The molecule has 2 aromatic carbocycles. The van der Waals surface area contributed by atoms with Crippen molar-refractivity contribution in [2.75, 3.05) is 12.4 Å². The fraction of sp³-hybridized carbons (Fsp3) is 0.250. The molecule has 2 aromatic rings. The van der Waals surface area contributed by atoms with Gasteiger partial charge in [0.25, 0.3) is 15.5 Å². The van der Waals surface area contributed by atoms with Crippen molar-refractivity contribution in [1.29, 1.82) is 0 Å². The van der Waals surface area contributed by atoms with Crippen LogP contribution in [0.25, 0.3) is 0 Å². The van der Waals surface area contributed by atoms with Crippen LogP contribution in [0.4, 0.5) is 24.5 Å². The van der Waals surface area contributed by atoms with E-state index in [4.69, 9.17) is 4.74 Å². The van der Waals surface area contributed by atoms with Gasteiger partial charge in [-0.25, -0.2) is 8.42 Å². The lowest BCUT2D eigenvalue weighted by Crippen LogP contribution is -2.23. The Hall–Kier alpha value is -2.82. The quantitative estimate of drug-likeness (QED) is 0.576. The third-order valence-electron chi connectivity index (χ3n) is 3.76. The Morgan fingerprint density at radius 3 is 2.37 bits per heavy atom. The highest BCUT2D eigenvalue weighted by Gasteiger charge is 2.47. The minimum Gasteiger partial charge on any atom is -0.496 e. The summed E-state index contributed by atoms with van der Waals surface area (Å²) in [4.78, 5) is 9.11. The maximum atomic E-state index is 12.7. The molecule has 0 saturated carbocycles. The zero-order valence-electron chi connectivity index (χ0n) is 14.1. The summed E-state index contributed by atoms with van der Waals surface area (Å²) in [5.74, 6) is 0.511. The van der Waals surface area contributed by atoms with Crippen LogP contribution in [-0.4, -0.2) is 26.0 Å². The molecule has 1 N–H and O–H groups in total. The molecule has 11 heteroatoms. The number of nitrogens with one attached hydrogen (secondary N) is 1. The van der Waals surface area contributed by atoms with Gasteiger partial charge in [-0.15, -0.1) is 0 Å². The third kappa shape index (κ3) is 4.13. The second-order valence-corrected chi connectivity index (χ2v) is 7.43. The number of nitrogens with zero attached hydrogens (tertiary/aromatic N) is 1. The molecule has 0 fully saturated rings. The molecule has 0 saturated heterocycles. The SMILES string of the molecule is COc1ccccc1C(C)Nc1ccc(S(=O)(=O)C(F)(F)F)cc1[N+](=O)[O-]. The first kappa shape index (κ1) is 20.5. The van der Waals surface area contributed by atoms with Crippen molar-refractivity contribution >= 4 is 21.2 Å². The summed E-state index contributed by atoms with van der Waals surface area (Å²) in [6.07, 6.45) is 0. The molecule has 0 aromatic heterocycles. The number of para-hydroxylation sites is 1. The van der Waals surface area contributed by atoms with E-state index in [2.05, 4.69) is 5.32 Å². The van der Waals surface area contributed by atoms with Crippen LogP contribution in [0.3, 0.4) is 0 Å². The summed E-state index contributed by atoms with van der Waals surface area (Å²) in [6.45, 7) is 1.67. The Morgan fingerprint density at radius 2 is 1.81 bits per heavy atom. The van der Waals surface area contributed by atoms with Crippen LogP contribution in [0.2, 0.25) is 0 Å². The minimum atomic E-state index is -5.69. The Kier molecular flexibility index (Phi) is 5.64. The van der Waals surface area contributed by atoms with E-state index in [1.807, 2.05) is 0 Å². The minimum absolute atomic E-state index is 0.125. The number of halogens is 3. The predicted octanol–water partition coefficient (Wildman–Crippen LogP) is 4.07. The van der Waals surface area contributed by atoms with Gasteiger partial charge in [0, 0.05) is 11.6 Å². The van der Waals surface area contributed by atoms with Crippen molar-refractivity contribution in [3.63, 3.8) is 0 Å². The largest absolute Gasteiger partial charge is 0.501 e. The van der Waals surface area contributed by atoms with Crippen molar-refractivity contribution in [3.8, 4) is 5.75 Å². The van der Waals surface area contributed by atoms with E-state index in [1.165, 1.54) is 7.11 Å². The van der Waals surface area contributed by atoms with Crippen molar-refractivity contribution in [2.24, 2.45) is 0 Å². The van der Waals surface area contributed by atoms with E-state index in [-0.39, 0.29) is 5.69 Å². The van der Waals surface area contributed by atoms with Crippen molar-refractivity contribution in [2.45, 2.75) is 23.4 Å².